The fraction of sp³-hybridized carbons (Fsp3) is 0.125. The normalized spacial score (nSPS) is 10.8. The molecule has 0 saturated carbocycles. The van der Waals surface area contributed by atoms with Gasteiger partial charge in [0.15, 0.2) is 0 Å². The van der Waals surface area contributed by atoms with Crippen molar-refractivity contribution in [3.63, 3.8) is 0 Å². The van der Waals surface area contributed by atoms with Gasteiger partial charge in [-0.15, -0.1) is 0 Å². The third kappa shape index (κ3) is 2.76. The van der Waals surface area contributed by atoms with Gasteiger partial charge in [-0.05, 0) is 17.7 Å². The van der Waals surface area contributed by atoms with Crippen LogP contribution in [0.1, 0.15) is 5.56 Å². The molecule has 2 heterocycles. The maximum atomic E-state index is 12.2. The Kier molecular flexibility index (Phi) is 3.73. The number of H-pyrrole nitrogens is 1. The molecule has 5 nitrogen and oxygen atoms in total. The van der Waals surface area contributed by atoms with Gasteiger partial charge in [-0.2, -0.15) is 0 Å². The number of amides is 1. The largest absolute Gasteiger partial charge is 0.361 e. The summed E-state index contributed by atoms with van der Waals surface area (Å²) >= 11 is 5.83. The first-order chi connectivity index (χ1) is 10.5. The first-order valence-corrected chi connectivity index (χ1v) is 7.13. The molecule has 3 rings (SSSR count). The minimum atomic E-state index is -0.295. The molecular weight excluding hydrogens is 302 g/mol. The van der Waals surface area contributed by atoms with Crippen LogP contribution in [0.2, 0.25) is 5.02 Å². The van der Waals surface area contributed by atoms with Gasteiger partial charge in [0.25, 0.3) is 5.56 Å². The Morgan fingerprint density at radius 3 is 2.91 bits per heavy atom. The van der Waals surface area contributed by atoms with Gasteiger partial charge in [-0.1, -0.05) is 29.8 Å². The van der Waals surface area contributed by atoms with Crippen LogP contribution in [-0.2, 0) is 18.3 Å². The molecule has 0 bridgehead atoms. The molecule has 112 valence electrons. The van der Waals surface area contributed by atoms with Crippen LogP contribution in [0.15, 0.2) is 47.5 Å². The summed E-state index contributed by atoms with van der Waals surface area (Å²) in [5, 5.41) is 3.86. The van der Waals surface area contributed by atoms with E-state index in [0.717, 1.165) is 16.5 Å². The van der Waals surface area contributed by atoms with Crippen LogP contribution in [0.5, 0.6) is 0 Å². The average Bonchev–Trinajstić information content (AvgIpc) is 2.88. The van der Waals surface area contributed by atoms with Crippen LogP contribution in [0.4, 0.5) is 5.69 Å². The minimum Gasteiger partial charge on any atom is -0.361 e. The second kappa shape index (κ2) is 5.69. The van der Waals surface area contributed by atoms with Crippen molar-refractivity contribution in [3.8, 4) is 0 Å². The number of pyridine rings is 1. The molecule has 2 aromatic heterocycles. The minimum absolute atomic E-state index is 0.0763. The lowest BCUT2D eigenvalue weighted by Gasteiger charge is -2.07. The quantitative estimate of drug-likeness (QED) is 0.780. The Morgan fingerprint density at radius 1 is 1.36 bits per heavy atom. The lowest BCUT2D eigenvalue weighted by atomic mass is 10.1. The predicted octanol–water partition coefficient (Wildman–Crippen LogP) is 2.70. The second-order valence-corrected chi connectivity index (χ2v) is 5.48. The number of nitrogens with zero attached hydrogens (tertiary/aromatic N) is 1. The van der Waals surface area contributed by atoms with E-state index in [4.69, 9.17) is 11.6 Å². The van der Waals surface area contributed by atoms with E-state index in [1.165, 1.54) is 10.6 Å². The van der Waals surface area contributed by atoms with Crippen molar-refractivity contribution in [2.24, 2.45) is 7.05 Å². The number of aryl methyl sites for hydroxylation is 1. The Labute approximate surface area is 131 Å². The molecule has 0 aliphatic heterocycles. The van der Waals surface area contributed by atoms with Gasteiger partial charge in [0.1, 0.15) is 5.02 Å². The van der Waals surface area contributed by atoms with Gasteiger partial charge < -0.3 is 14.9 Å². The van der Waals surface area contributed by atoms with Crippen LogP contribution in [0.3, 0.4) is 0 Å². The molecule has 0 aliphatic carbocycles. The molecule has 6 heteroatoms. The van der Waals surface area contributed by atoms with Crippen LogP contribution in [-0.4, -0.2) is 15.5 Å². The summed E-state index contributed by atoms with van der Waals surface area (Å²) in [5.41, 5.74) is 2.12. The second-order valence-electron chi connectivity index (χ2n) is 5.08. The summed E-state index contributed by atoms with van der Waals surface area (Å²) in [5.74, 6) is -0.167. The molecule has 0 atom stereocenters. The highest BCUT2D eigenvalue weighted by Crippen LogP contribution is 2.19. The number of fused-ring (bicyclic) bond motifs is 1. The molecule has 0 saturated heterocycles. The van der Waals surface area contributed by atoms with Crippen molar-refractivity contribution in [2.75, 3.05) is 5.32 Å². The van der Waals surface area contributed by atoms with Crippen molar-refractivity contribution in [3.05, 3.63) is 63.7 Å². The van der Waals surface area contributed by atoms with E-state index >= 15 is 0 Å². The van der Waals surface area contributed by atoms with Gasteiger partial charge >= 0.3 is 0 Å². The topological polar surface area (TPSA) is 66.9 Å². The molecule has 22 heavy (non-hydrogen) atoms. The number of rotatable bonds is 3. The number of carbonyl (C=O) groups is 1. The summed E-state index contributed by atoms with van der Waals surface area (Å²) < 4.78 is 1.34. The highest BCUT2D eigenvalue weighted by Gasteiger charge is 2.10. The molecule has 0 unspecified atom stereocenters. The predicted molar refractivity (Wildman–Crippen MR) is 87.3 cm³/mol. The van der Waals surface area contributed by atoms with E-state index in [0.29, 0.717) is 5.69 Å². The molecule has 3 aromatic rings. The molecule has 1 amide bonds. The number of hydrogen-bond donors (Lipinski definition) is 2. The number of para-hydroxylation sites is 1. The van der Waals surface area contributed by atoms with Gasteiger partial charge in [-0.3, -0.25) is 9.59 Å². The fourth-order valence-electron chi connectivity index (χ4n) is 2.40. The van der Waals surface area contributed by atoms with Crippen LogP contribution in [0.25, 0.3) is 10.9 Å². The Balaban J connectivity index is 1.79. The number of nitrogens with one attached hydrogen (secondary N) is 2. The fourth-order valence-corrected chi connectivity index (χ4v) is 2.65. The zero-order valence-corrected chi connectivity index (χ0v) is 12.6. The molecule has 0 spiro atoms. The Bertz CT molecular complexity index is 885. The van der Waals surface area contributed by atoms with E-state index < -0.39 is 0 Å². The summed E-state index contributed by atoms with van der Waals surface area (Å²) in [6.07, 6.45) is 3.61. The lowest BCUT2D eigenvalue weighted by Crippen LogP contribution is -2.20. The van der Waals surface area contributed by atoms with E-state index in [1.807, 2.05) is 30.5 Å². The van der Waals surface area contributed by atoms with E-state index in [2.05, 4.69) is 10.3 Å². The first kappa shape index (κ1) is 14.4. The first-order valence-electron chi connectivity index (χ1n) is 6.75. The van der Waals surface area contributed by atoms with Crippen molar-refractivity contribution in [1.82, 2.24) is 9.55 Å². The van der Waals surface area contributed by atoms with Crippen LogP contribution >= 0.6 is 11.6 Å². The molecule has 0 aliphatic rings. The Hall–Kier alpha value is -2.53. The number of anilines is 1. The van der Waals surface area contributed by atoms with Gasteiger partial charge in [0.2, 0.25) is 5.91 Å². The molecule has 0 fully saturated rings. The smallest absolute Gasteiger partial charge is 0.269 e. The van der Waals surface area contributed by atoms with Gasteiger partial charge in [-0.25, -0.2) is 0 Å². The van der Waals surface area contributed by atoms with Crippen LogP contribution in [0, 0.1) is 0 Å². The molecule has 2 N–H and O–H groups in total. The molecule has 0 radical (unpaired) electrons. The standard InChI is InChI=1S/C16H14ClN3O2/c1-20-9-11(7-13(17)16(20)22)19-15(21)6-10-8-18-14-5-3-2-4-12(10)14/h2-5,7-9,18H,6H2,1H3,(H,19,21). The average molecular weight is 316 g/mol. The molecule has 1 aromatic carbocycles. The van der Waals surface area contributed by atoms with E-state index in [9.17, 15) is 9.59 Å². The zero-order chi connectivity index (χ0) is 15.7. The monoisotopic (exact) mass is 315 g/mol. The number of halogens is 1. The van der Waals surface area contributed by atoms with E-state index in [-0.39, 0.29) is 22.9 Å². The maximum Gasteiger partial charge on any atom is 0.269 e. The highest BCUT2D eigenvalue weighted by molar-refractivity contribution is 6.30. The van der Waals surface area contributed by atoms with Gasteiger partial charge in [0.05, 0.1) is 12.1 Å². The van der Waals surface area contributed by atoms with Crippen molar-refractivity contribution in [1.29, 1.82) is 0 Å². The SMILES string of the molecule is Cn1cc(NC(=O)Cc2c[nH]c3ccccc23)cc(Cl)c1=O. The number of carbonyl (C=O) groups excluding carboxylic acids is 1. The number of aromatic amines is 1. The van der Waals surface area contributed by atoms with E-state index in [1.54, 1.807) is 13.2 Å². The van der Waals surface area contributed by atoms with Crippen molar-refractivity contribution < 1.29 is 4.79 Å². The highest BCUT2D eigenvalue weighted by atomic mass is 35.5. The number of hydrogen-bond acceptors (Lipinski definition) is 2. The molecular formula is C16H14ClN3O2. The third-order valence-electron chi connectivity index (χ3n) is 3.45. The zero-order valence-electron chi connectivity index (χ0n) is 11.9. The van der Waals surface area contributed by atoms with Crippen molar-refractivity contribution >= 4 is 34.1 Å². The third-order valence-corrected chi connectivity index (χ3v) is 3.72. The summed E-state index contributed by atoms with van der Waals surface area (Å²) in [4.78, 5) is 26.8. The lowest BCUT2D eigenvalue weighted by molar-refractivity contribution is -0.115. The summed E-state index contributed by atoms with van der Waals surface area (Å²) in [7, 11) is 1.59. The Morgan fingerprint density at radius 2 is 2.14 bits per heavy atom. The van der Waals surface area contributed by atoms with Crippen LogP contribution < -0.4 is 10.9 Å². The summed E-state index contributed by atoms with van der Waals surface area (Å²) in [6.45, 7) is 0. The van der Waals surface area contributed by atoms with Gasteiger partial charge in [0, 0.05) is 30.3 Å². The van der Waals surface area contributed by atoms with Crippen molar-refractivity contribution in [2.45, 2.75) is 6.42 Å². The number of benzene rings is 1. The number of aromatic nitrogens is 2. The maximum absolute atomic E-state index is 12.2. The summed E-state index contributed by atoms with van der Waals surface area (Å²) in [6, 6.07) is 9.26.